The number of hydrogen-bond acceptors (Lipinski definition) is 5. The Balaban J connectivity index is 1.75. The van der Waals surface area contributed by atoms with Crippen molar-refractivity contribution >= 4 is 23.5 Å². The molecule has 0 saturated carbocycles. The number of furan rings is 1. The molecule has 0 radical (unpaired) electrons. The Labute approximate surface area is 131 Å². The number of carbonyl (C=O) groups excluding carboxylic acids is 1. The summed E-state index contributed by atoms with van der Waals surface area (Å²) in [4.78, 5) is 23.5. The summed E-state index contributed by atoms with van der Waals surface area (Å²) in [5.41, 5.74) is 1.45. The number of carbonyl (C=O) groups is 2. The lowest BCUT2D eigenvalue weighted by Gasteiger charge is -2.10. The maximum Gasteiger partial charge on any atom is 0.321 e. The second-order valence-electron chi connectivity index (χ2n) is 5.05. The van der Waals surface area contributed by atoms with Crippen LogP contribution < -0.4 is 5.32 Å². The minimum Gasteiger partial charge on any atom is -0.480 e. The number of hydrogen-bond donors (Lipinski definition) is 2. The van der Waals surface area contributed by atoms with Gasteiger partial charge in [0.2, 0.25) is 0 Å². The third-order valence-corrected chi connectivity index (χ3v) is 4.73. The van der Waals surface area contributed by atoms with E-state index < -0.39 is 12.0 Å². The van der Waals surface area contributed by atoms with E-state index in [9.17, 15) is 9.59 Å². The smallest absolute Gasteiger partial charge is 0.321 e. The van der Waals surface area contributed by atoms with E-state index in [1.165, 1.54) is 18.0 Å². The monoisotopic (exact) mass is 317 g/mol. The van der Waals surface area contributed by atoms with Crippen LogP contribution in [-0.2, 0) is 11.2 Å². The maximum atomic E-state index is 12.5. The Kier molecular flexibility index (Phi) is 4.31. The first-order valence-electron chi connectivity index (χ1n) is 6.90. The van der Waals surface area contributed by atoms with E-state index in [-0.39, 0.29) is 11.2 Å². The van der Waals surface area contributed by atoms with E-state index >= 15 is 0 Å². The molecule has 114 valence electrons. The third kappa shape index (κ3) is 3.08. The van der Waals surface area contributed by atoms with Gasteiger partial charge in [-0.3, -0.25) is 14.9 Å². The van der Waals surface area contributed by atoms with Gasteiger partial charge < -0.3 is 9.52 Å². The first kappa shape index (κ1) is 14.9. The molecule has 1 aliphatic heterocycles. The third-order valence-electron chi connectivity index (χ3n) is 3.52. The number of carboxylic acid groups (broad SMARTS) is 1. The molecule has 2 aromatic rings. The van der Waals surface area contributed by atoms with Crippen molar-refractivity contribution in [2.75, 3.05) is 5.75 Å². The summed E-state index contributed by atoms with van der Waals surface area (Å²) in [5, 5.41) is 11.7. The molecule has 3 rings (SSSR count). The molecule has 1 aromatic heterocycles. The molecule has 0 bridgehead atoms. The number of Topliss-reactive ketones (excluding diaryl/α,β-unsaturated/α-hetero) is 1. The zero-order valence-electron chi connectivity index (χ0n) is 11.7. The van der Waals surface area contributed by atoms with Crippen molar-refractivity contribution in [3.63, 3.8) is 0 Å². The molecule has 2 N–H and O–H groups in total. The highest BCUT2D eigenvalue weighted by Gasteiger charge is 2.34. The minimum atomic E-state index is -0.890. The summed E-state index contributed by atoms with van der Waals surface area (Å²) < 4.78 is 5.44. The van der Waals surface area contributed by atoms with Crippen molar-refractivity contribution in [2.24, 2.45) is 0 Å². The highest BCUT2D eigenvalue weighted by molar-refractivity contribution is 7.99. The number of aliphatic carboxylic acids is 1. The Morgan fingerprint density at radius 2 is 2.05 bits per heavy atom. The van der Waals surface area contributed by atoms with Crippen LogP contribution >= 0.6 is 11.8 Å². The zero-order valence-corrected chi connectivity index (χ0v) is 12.5. The Morgan fingerprint density at radius 3 is 2.73 bits per heavy atom. The lowest BCUT2D eigenvalue weighted by atomic mass is 10.0. The van der Waals surface area contributed by atoms with Gasteiger partial charge in [-0.05, 0) is 11.6 Å². The van der Waals surface area contributed by atoms with Crippen LogP contribution in [0.4, 0.5) is 0 Å². The number of nitrogens with one attached hydrogen (secondary N) is 1. The van der Waals surface area contributed by atoms with Crippen LogP contribution in [0.25, 0.3) is 0 Å². The van der Waals surface area contributed by atoms with Crippen molar-refractivity contribution in [3.8, 4) is 0 Å². The maximum absolute atomic E-state index is 12.5. The number of thioether (sulfide) groups is 1. The number of carboxylic acids is 1. The average molecular weight is 317 g/mol. The fourth-order valence-corrected chi connectivity index (χ4v) is 3.61. The number of benzene rings is 1. The van der Waals surface area contributed by atoms with Crippen molar-refractivity contribution in [3.05, 3.63) is 59.5 Å². The van der Waals surface area contributed by atoms with Crippen LogP contribution in [0, 0.1) is 0 Å². The van der Waals surface area contributed by atoms with Crippen molar-refractivity contribution < 1.29 is 19.1 Å². The van der Waals surface area contributed by atoms with Crippen LogP contribution in [0.5, 0.6) is 0 Å². The lowest BCUT2D eigenvalue weighted by Crippen LogP contribution is -2.33. The van der Waals surface area contributed by atoms with E-state index in [1.807, 2.05) is 30.3 Å². The number of ketones is 1. The normalized spacial score (nSPS) is 20.9. The summed E-state index contributed by atoms with van der Waals surface area (Å²) in [6.45, 7) is 0. The zero-order chi connectivity index (χ0) is 15.5. The predicted octanol–water partition coefficient (Wildman–Crippen LogP) is 2.49. The summed E-state index contributed by atoms with van der Waals surface area (Å²) >= 11 is 1.44. The molecule has 2 atom stereocenters. The Hall–Kier alpha value is -2.05. The molecule has 1 fully saturated rings. The summed E-state index contributed by atoms with van der Waals surface area (Å²) in [6.07, 6.45) is 1.77. The van der Waals surface area contributed by atoms with Gasteiger partial charge in [-0.15, -0.1) is 11.8 Å². The lowest BCUT2D eigenvalue weighted by molar-refractivity contribution is -0.138. The Morgan fingerprint density at radius 1 is 1.27 bits per heavy atom. The molecule has 6 heteroatoms. The standard InChI is InChI=1S/C16H15NO4S/c18-13(8-10-4-2-1-3-5-10)11-6-7-21-14(11)15-17-12(9-22-15)16(19)20/h1-7,12,15,17H,8-9H2,(H,19,20)/t12-,15?/m0/s1. The SMILES string of the molecule is O=C(Cc1ccccc1)c1ccoc1C1N[C@H](C(=O)O)CS1. The summed E-state index contributed by atoms with van der Waals surface area (Å²) in [6, 6.07) is 10.5. The topological polar surface area (TPSA) is 79.5 Å². The van der Waals surface area contributed by atoms with Gasteiger partial charge in [0.1, 0.15) is 17.2 Å². The Bertz CT molecular complexity index is 682. The van der Waals surface area contributed by atoms with E-state index in [1.54, 1.807) is 6.07 Å². The molecule has 1 unspecified atom stereocenters. The first-order chi connectivity index (χ1) is 10.6. The molecule has 2 heterocycles. The molecular weight excluding hydrogens is 302 g/mol. The molecule has 0 amide bonds. The van der Waals surface area contributed by atoms with E-state index in [2.05, 4.69) is 5.32 Å². The highest BCUT2D eigenvalue weighted by atomic mass is 32.2. The van der Waals surface area contributed by atoms with Gasteiger partial charge in [-0.2, -0.15) is 0 Å². The first-order valence-corrected chi connectivity index (χ1v) is 7.95. The van der Waals surface area contributed by atoms with Gasteiger partial charge in [-0.1, -0.05) is 30.3 Å². The molecule has 1 aliphatic rings. The highest BCUT2D eigenvalue weighted by Crippen LogP contribution is 2.35. The fourth-order valence-electron chi connectivity index (χ4n) is 2.40. The molecular formula is C16H15NO4S. The van der Waals surface area contributed by atoms with Gasteiger partial charge in [0, 0.05) is 12.2 Å². The van der Waals surface area contributed by atoms with E-state index in [0.717, 1.165) is 5.56 Å². The largest absolute Gasteiger partial charge is 0.480 e. The van der Waals surface area contributed by atoms with Crippen molar-refractivity contribution in [2.45, 2.75) is 17.8 Å². The number of rotatable bonds is 5. The van der Waals surface area contributed by atoms with Crippen LogP contribution in [0.1, 0.15) is 27.1 Å². The quantitative estimate of drug-likeness (QED) is 0.825. The average Bonchev–Trinajstić information content (AvgIpc) is 3.17. The summed E-state index contributed by atoms with van der Waals surface area (Å²) in [7, 11) is 0. The van der Waals surface area contributed by atoms with Crippen molar-refractivity contribution in [1.82, 2.24) is 5.32 Å². The fraction of sp³-hybridized carbons (Fsp3) is 0.250. The predicted molar refractivity (Wildman–Crippen MR) is 82.9 cm³/mol. The second kappa shape index (κ2) is 6.37. The van der Waals surface area contributed by atoms with Gasteiger partial charge in [0.25, 0.3) is 0 Å². The van der Waals surface area contributed by atoms with Gasteiger partial charge in [0.15, 0.2) is 5.78 Å². The van der Waals surface area contributed by atoms with Gasteiger partial charge in [-0.25, -0.2) is 0 Å². The van der Waals surface area contributed by atoms with E-state index in [4.69, 9.17) is 9.52 Å². The van der Waals surface area contributed by atoms with Crippen LogP contribution in [0.15, 0.2) is 47.1 Å². The molecule has 22 heavy (non-hydrogen) atoms. The van der Waals surface area contributed by atoms with Crippen LogP contribution in [-0.4, -0.2) is 28.7 Å². The molecule has 1 aromatic carbocycles. The van der Waals surface area contributed by atoms with Gasteiger partial charge in [0.05, 0.1) is 11.8 Å². The van der Waals surface area contributed by atoms with Crippen LogP contribution in [0.3, 0.4) is 0 Å². The minimum absolute atomic E-state index is 0.0314. The molecule has 0 aliphatic carbocycles. The molecule has 5 nitrogen and oxygen atoms in total. The van der Waals surface area contributed by atoms with Crippen LogP contribution in [0.2, 0.25) is 0 Å². The summed E-state index contributed by atoms with van der Waals surface area (Å²) in [5.74, 6) is 0.0389. The molecule has 1 saturated heterocycles. The second-order valence-corrected chi connectivity index (χ2v) is 6.19. The van der Waals surface area contributed by atoms with E-state index in [0.29, 0.717) is 23.5 Å². The molecule has 0 spiro atoms. The van der Waals surface area contributed by atoms with Gasteiger partial charge >= 0.3 is 5.97 Å². The van der Waals surface area contributed by atoms with Crippen molar-refractivity contribution in [1.29, 1.82) is 0 Å².